The summed E-state index contributed by atoms with van der Waals surface area (Å²) in [5, 5.41) is 16.6. The maximum atomic E-state index is 9.21. The molecule has 1 aliphatic carbocycles. The predicted molar refractivity (Wildman–Crippen MR) is 41.4 cm³/mol. The van der Waals surface area contributed by atoms with E-state index >= 15 is 0 Å². The normalized spacial score (nSPS) is 24.7. The highest BCUT2D eigenvalue weighted by molar-refractivity contribution is 5.97. The van der Waals surface area contributed by atoms with Crippen molar-refractivity contribution in [1.82, 2.24) is 0 Å². The molecular formula is C8H11NO. The van der Waals surface area contributed by atoms with E-state index in [0.29, 0.717) is 11.5 Å². The lowest BCUT2D eigenvalue weighted by molar-refractivity contribution is 0.360. The van der Waals surface area contributed by atoms with E-state index in [-0.39, 0.29) is 5.92 Å². The fraction of sp³-hybridized carbons (Fsp3) is 0.375. The van der Waals surface area contributed by atoms with Gasteiger partial charge in [0.05, 0.1) is 5.92 Å². The van der Waals surface area contributed by atoms with E-state index in [1.54, 1.807) is 18.2 Å². The van der Waals surface area contributed by atoms with Crippen LogP contribution < -0.4 is 0 Å². The van der Waals surface area contributed by atoms with Crippen LogP contribution in [0.5, 0.6) is 0 Å². The minimum absolute atomic E-state index is 0.0648. The molecule has 10 heavy (non-hydrogen) atoms. The quantitative estimate of drug-likeness (QED) is 0.570. The molecule has 2 nitrogen and oxygen atoms in total. The summed E-state index contributed by atoms with van der Waals surface area (Å²) < 4.78 is 0. The molecule has 0 saturated carbocycles. The van der Waals surface area contributed by atoms with Gasteiger partial charge in [-0.05, 0) is 18.6 Å². The summed E-state index contributed by atoms with van der Waals surface area (Å²) in [4.78, 5) is 0. The van der Waals surface area contributed by atoms with Crippen molar-refractivity contribution in [3.63, 3.8) is 0 Å². The second-order valence-electron chi connectivity index (χ2n) is 2.37. The number of nitrogens with one attached hydrogen (secondary N) is 1. The summed E-state index contributed by atoms with van der Waals surface area (Å²) in [5.41, 5.74) is 0.502. The zero-order valence-electron chi connectivity index (χ0n) is 5.96. The first kappa shape index (κ1) is 7.06. The second kappa shape index (κ2) is 2.69. The highest BCUT2D eigenvalue weighted by Crippen LogP contribution is 2.17. The van der Waals surface area contributed by atoms with Gasteiger partial charge in [-0.2, -0.15) is 0 Å². The van der Waals surface area contributed by atoms with Gasteiger partial charge in [0.15, 0.2) is 0 Å². The Balaban J connectivity index is 2.81. The number of rotatable bonds is 1. The minimum atomic E-state index is -0.0648. The Morgan fingerprint density at radius 1 is 1.70 bits per heavy atom. The van der Waals surface area contributed by atoms with E-state index in [1.165, 1.54) is 0 Å². The molecule has 1 rings (SSSR count). The van der Waals surface area contributed by atoms with Crippen LogP contribution in [0.2, 0.25) is 0 Å². The summed E-state index contributed by atoms with van der Waals surface area (Å²) in [7, 11) is 0. The van der Waals surface area contributed by atoms with Crippen LogP contribution in [0.4, 0.5) is 0 Å². The number of aliphatic hydroxyl groups is 1. The van der Waals surface area contributed by atoms with Crippen molar-refractivity contribution in [2.24, 2.45) is 5.92 Å². The second-order valence-corrected chi connectivity index (χ2v) is 2.37. The average Bonchev–Trinajstić information content (AvgIpc) is 1.88. The Morgan fingerprint density at radius 3 is 2.80 bits per heavy atom. The molecule has 0 aliphatic heterocycles. The lowest BCUT2D eigenvalue weighted by atomic mass is 9.94. The first-order chi connectivity index (χ1) is 4.75. The van der Waals surface area contributed by atoms with Crippen molar-refractivity contribution in [3.05, 3.63) is 24.0 Å². The molecule has 0 radical (unpaired) electrons. The molecule has 0 amide bonds. The van der Waals surface area contributed by atoms with E-state index in [9.17, 15) is 5.11 Å². The third-order valence-electron chi connectivity index (χ3n) is 1.68. The molecule has 54 valence electrons. The SMILES string of the molecule is CCC1C(=N)C=CC=C1O. The predicted octanol–water partition coefficient (Wildman–Crippen LogP) is 2.04. The Bertz CT molecular complexity index is 203. The Kier molecular flexibility index (Phi) is 1.90. The van der Waals surface area contributed by atoms with Crippen molar-refractivity contribution in [2.45, 2.75) is 13.3 Å². The summed E-state index contributed by atoms with van der Waals surface area (Å²) in [6, 6.07) is 0. The van der Waals surface area contributed by atoms with Crippen molar-refractivity contribution in [3.8, 4) is 0 Å². The van der Waals surface area contributed by atoms with E-state index < -0.39 is 0 Å². The molecule has 0 bridgehead atoms. The van der Waals surface area contributed by atoms with E-state index in [2.05, 4.69) is 0 Å². The minimum Gasteiger partial charge on any atom is -0.512 e. The molecule has 1 atom stereocenters. The number of hydrogen-bond donors (Lipinski definition) is 2. The molecule has 1 unspecified atom stereocenters. The highest BCUT2D eigenvalue weighted by Gasteiger charge is 2.16. The molecule has 0 fully saturated rings. The van der Waals surface area contributed by atoms with Crippen LogP contribution in [-0.4, -0.2) is 10.8 Å². The fourth-order valence-electron chi connectivity index (χ4n) is 1.07. The smallest absolute Gasteiger partial charge is 0.101 e. The van der Waals surface area contributed by atoms with E-state index in [0.717, 1.165) is 6.42 Å². The Hall–Kier alpha value is -1.05. The van der Waals surface area contributed by atoms with Gasteiger partial charge in [-0.3, -0.25) is 0 Å². The van der Waals surface area contributed by atoms with Gasteiger partial charge in [0.2, 0.25) is 0 Å². The highest BCUT2D eigenvalue weighted by atomic mass is 16.3. The van der Waals surface area contributed by atoms with Gasteiger partial charge in [-0.1, -0.05) is 13.0 Å². The molecule has 0 aromatic heterocycles. The van der Waals surface area contributed by atoms with E-state index in [4.69, 9.17) is 5.41 Å². The summed E-state index contributed by atoms with van der Waals surface area (Å²) >= 11 is 0. The van der Waals surface area contributed by atoms with Gasteiger partial charge in [0.25, 0.3) is 0 Å². The zero-order chi connectivity index (χ0) is 7.56. The fourth-order valence-corrected chi connectivity index (χ4v) is 1.07. The number of aliphatic hydroxyl groups excluding tert-OH is 1. The van der Waals surface area contributed by atoms with Crippen LogP contribution >= 0.6 is 0 Å². The maximum absolute atomic E-state index is 9.21. The average molecular weight is 137 g/mol. The monoisotopic (exact) mass is 137 g/mol. The van der Waals surface area contributed by atoms with Gasteiger partial charge in [-0.25, -0.2) is 0 Å². The summed E-state index contributed by atoms with van der Waals surface area (Å²) in [5.74, 6) is 0.250. The van der Waals surface area contributed by atoms with Gasteiger partial charge in [0, 0.05) is 5.71 Å². The standard InChI is InChI=1S/C8H11NO/c1-2-6-7(9)4-3-5-8(6)10/h3-6,9-10H,2H2,1H3. The topological polar surface area (TPSA) is 44.1 Å². The number of hydrogen-bond acceptors (Lipinski definition) is 2. The molecular weight excluding hydrogens is 126 g/mol. The summed E-state index contributed by atoms with van der Waals surface area (Å²) in [6.07, 6.45) is 5.86. The molecule has 0 heterocycles. The van der Waals surface area contributed by atoms with Gasteiger partial charge in [0.1, 0.15) is 5.76 Å². The van der Waals surface area contributed by atoms with Crippen molar-refractivity contribution in [1.29, 1.82) is 5.41 Å². The van der Waals surface area contributed by atoms with Crippen LogP contribution in [-0.2, 0) is 0 Å². The largest absolute Gasteiger partial charge is 0.512 e. The van der Waals surface area contributed by atoms with Gasteiger partial charge in [-0.15, -0.1) is 0 Å². The van der Waals surface area contributed by atoms with Gasteiger partial charge < -0.3 is 10.5 Å². The molecule has 0 spiro atoms. The van der Waals surface area contributed by atoms with Crippen molar-refractivity contribution >= 4 is 5.71 Å². The van der Waals surface area contributed by atoms with Crippen LogP contribution in [0.15, 0.2) is 24.0 Å². The first-order valence-electron chi connectivity index (χ1n) is 3.41. The third kappa shape index (κ3) is 1.10. The van der Waals surface area contributed by atoms with Crippen LogP contribution in [0, 0.1) is 11.3 Å². The van der Waals surface area contributed by atoms with E-state index in [1.807, 2.05) is 6.92 Å². The molecule has 2 heteroatoms. The third-order valence-corrected chi connectivity index (χ3v) is 1.68. The number of allylic oxidation sites excluding steroid dienone is 4. The van der Waals surface area contributed by atoms with Crippen molar-refractivity contribution in [2.75, 3.05) is 0 Å². The zero-order valence-corrected chi connectivity index (χ0v) is 5.96. The van der Waals surface area contributed by atoms with Crippen LogP contribution in [0.3, 0.4) is 0 Å². The maximum Gasteiger partial charge on any atom is 0.101 e. The van der Waals surface area contributed by atoms with Gasteiger partial charge >= 0.3 is 0 Å². The molecule has 0 aromatic carbocycles. The molecule has 0 aromatic rings. The van der Waals surface area contributed by atoms with Crippen LogP contribution in [0.25, 0.3) is 0 Å². The first-order valence-corrected chi connectivity index (χ1v) is 3.41. The molecule has 1 aliphatic rings. The molecule has 0 saturated heterocycles. The molecule has 2 N–H and O–H groups in total. The Morgan fingerprint density at radius 2 is 2.40 bits per heavy atom. The summed E-state index contributed by atoms with van der Waals surface area (Å²) in [6.45, 7) is 1.96. The Labute approximate surface area is 60.4 Å². The van der Waals surface area contributed by atoms with Crippen molar-refractivity contribution < 1.29 is 5.11 Å². The van der Waals surface area contributed by atoms with Crippen LogP contribution in [0.1, 0.15) is 13.3 Å². The lowest BCUT2D eigenvalue weighted by Gasteiger charge is -2.15. The lowest BCUT2D eigenvalue weighted by Crippen LogP contribution is -2.15.